The second-order valence-corrected chi connectivity index (χ2v) is 13.3. The van der Waals surface area contributed by atoms with E-state index in [1.165, 1.54) is 0 Å². The number of aryl methyl sites for hydroxylation is 1. The molecule has 3 aromatic rings. The van der Waals surface area contributed by atoms with E-state index in [1.807, 2.05) is 9.47 Å². The van der Waals surface area contributed by atoms with Gasteiger partial charge in [-0.25, -0.2) is 0 Å². The highest BCUT2D eigenvalue weighted by molar-refractivity contribution is 7.86. The van der Waals surface area contributed by atoms with E-state index >= 15 is 0 Å². The van der Waals surface area contributed by atoms with E-state index in [9.17, 15) is 16.8 Å². The Balaban J connectivity index is 1.48. The number of allylic oxidation sites excluding steroid dienone is 4. The third-order valence-electron chi connectivity index (χ3n) is 6.15. The van der Waals surface area contributed by atoms with Crippen LogP contribution < -0.4 is 14.2 Å². The van der Waals surface area contributed by atoms with Crippen LogP contribution in [0.15, 0.2) is 71.0 Å². The van der Waals surface area contributed by atoms with Gasteiger partial charge in [0, 0.05) is 29.1 Å². The summed E-state index contributed by atoms with van der Waals surface area (Å²) in [5, 5.41) is 1.07. The number of hydrogen-bond acceptors (Lipinski definition) is 7. The van der Waals surface area contributed by atoms with Gasteiger partial charge in [-0.05, 0) is 55.7 Å². The zero-order chi connectivity index (χ0) is 29.6. The Labute approximate surface area is 248 Å². The lowest BCUT2D eigenvalue weighted by atomic mass is 10.2. The third-order valence-corrected chi connectivity index (χ3v) is 8.23. The number of nitrogens with zero attached hydrogens (tertiary/aromatic N) is 2. The molecular weight excluding hydrogens is 615 g/mol. The van der Waals surface area contributed by atoms with Gasteiger partial charge in [-0.1, -0.05) is 41.4 Å². The van der Waals surface area contributed by atoms with Crippen molar-refractivity contribution < 1.29 is 39.7 Å². The molecule has 0 unspecified atom stereocenters. The van der Waals surface area contributed by atoms with Crippen LogP contribution >= 0.6 is 23.2 Å². The average Bonchev–Trinajstić information content (AvgIpc) is 3.39. The number of rotatable bonds is 13. The lowest BCUT2D eigenvalue weighted by Crippen LogP contribution is -2.35. The summed E-state index contributed by atoms with van der Waals surface area (Å²) in [4.78, 5) is 1.89. The van der Waals surface area contributed by atoms with Gasteiger partial charge >= 0.3 is 5.89 Å². The van der Waals surface area contributed by atoms with Gasteiger partial charge in [0.1, 0.15) is 0 Å². The molecule has 4 rings (SSSR count). The van der Waals surface area contributed by atoms with Crippen molar-refractivity contribution in [2.24, 2.45) is 0 Å². The fourth-order valence-electron chi connectivity index (χ4n) is 4.31. The molecule has 0 amide bonds. The standard InChI is InChI=1S/C27H28Cl2N2O8S2/c28-20-10-12-24-22(18-20)30(14-4-6-16-40(32,33)34)26(38-24)8-2-1-3-9-27-31(15-5-7-17-41(35,36)37)23-19-21(29)11-13-25(23)39-27/h1-3,8-13,18-19H,4-7,14-17H2,(H-,32,33,34,35,36,37)/p+1. The summed E-state index contributed by atoms with van der Waals surface area (Å²) in [7, 11) is -8.05. The van der Waals surface area contributed by atoms with Crippen molar-refractivity contribution in [1.82, 2.24) is 0 Å². The zero-order valence-corrected chi connectivity index (χ0v) is 25.0. The maximum Gasteiger partial charge on any atom is 0.374 e. The first-order valence-electron chi connectivity index (χ1n) is 12.7. The Morgan fingerprint density at radius 2 is 1.54 bits per heavy atom. The number of hydrogen-bond donors (Lipinski definition) is 2. The number of unbranched alkanes of at least 4 members (excludes halogenated alkanes) is 2. The zero-order valence-electron chi connectivity index (χ0n) is 21.8. The van der Waals surface area contributed by atoms with Crippen LogP contribution in [-0.4, -0.2) is 44.0 Å². The highest BCUT2D eigenvalue weighted by Gasteiger charge is 2.26. The predicted molar refractivity (Wildman–Crippen MR) is 158 cm³/mol. The van der Waals surface area contributed by atoms with Crippen LogP contribution in [0.3, 0.4) is 0 Å². The summed E-state index contributed by atoms with van der Waals surface area (Å²) < 4.78 is 76.1. The molecule has 10 nitrogen and oxygen atoms in total. The van der Waals surface area contributed by atoms with E-state index in [-0.39, 0.29) is 24.3 Å². The van der Waals surface area contributed by atoms with Gasteiger partial charge in [0.05, 0.1) is 23.3 Å². The summed E-state index contributed by atoms with van der Waals surface area (Å²) >= 11 is 12.4. The van der Waals surface area contributed by atoms with Crippen molar-refractivity contribution in [2.45, 2.75) is 32.2 Å². The molecule has 2 aromatic carbocycles. The second-order valence-electron chi connectivity index (χ2n) is 9.30. The van der Waals surface area contributed by atoms with E-state index in [0.29, 0.717) is 59.1 Å². The van der Waals surface area contributed by atoms with Crippen LogP contribution in [0.1, 0.15) is 31.6 Å². The van der Waals surface area contributed by atoms with Crippen LogP contribution in [0.25, 0.3) is 17.2 Å². The van der Waals surface area contributed by atoms with E-state index in [1.54, 1.807) is 66.8 Å². The molecule has 0 radical (unpaired) electrons. The molecule has 1 aliphatic rings. The molecular formula is C27H29Cl2N2O8S2+. The lowest BCUT2D eigenvalue weighted by molar-refractivity contribution is -0.678. The number of anilines is 1. The number of ether oxygens (including phenoxy) is 1. The molecule has 0 fully saturated rings. The predicted octanol–water partition coefficient (Wildman–Crippen LogP) is 5.67. The van der Waals surface area contributed by atoms with Gasteiger partial charge in [-0.2, -0.15) is 21.4 Å². The Kier molecular flexibility index (Phi) is 10.2. The molecule has 0 aliphatic carbocycles. The molecule has 2 N–H and O–H groups in total. The largest absolute Gasteiger partial charge is 0.439 e. The number of halogens is 2. The molecule has 14 heteroatoms. The van der Waals surface area contributed by atoms with Crippen molar-refractivity contribution in [3.05, 3.63) is 82.5 Å². The third kappa shape index (κ3) is 9.06. The first-order chi connectivity index (χ1) is 19.4. The number of fused-ring (bicyclic) bond motifs is 2. The van der Waals surface area contributed by atoms with E-state index < -0.39 is 20.2 Å². The molecule has 0 saturated heterocycles. The number of benzene rings is 2. The summed E-state index contributed by atoms with van der Waals surface area (Å²) in [5.41, 5.74) is 2.14. The normalized spacial score (nSPS) is 15.0. The van der Waals surface area contributed by atoms with E-state index in [4.69, 9.17) is 41.5 Å². The Morgan fingerprint density at radius 3 is 2.27 bits per heavy atom. The second kappa shape index (κ2) is 13.4. The van der Waals surface area contributed by atoms with Gasteiger partial charge in [-0.15, -0.1) is 0 Å². The van der Waals surface area contributed by atoms with Crippen molar-refractivity contribution in [3.63, 3.8) is 0 Å². The molecule has 0 atom stereocenters. The minimum atomic E-state index is -4.03. The molecule has 220 valence electrons. The highest BCUT2D eigenvalue weighted by atomic mass is 35.5. The summed E-state index contributed by atoms with van der Waals surface area (Å²) in [5.74, 6) is 1.05. The summed E-state index contributed by atoms with van der Waals surface area (Å²) in [6, 6.07) is 10.5. The fraction of sp³-hybridized carbons (Fsp3) is 0.296. The van der Waals surface area contributed by atoms with Crippen molar-refractivity contribution in [2.75, 3.05) is 23.0 Å². The van der Waals surface area contributed by atoms with Crippen LogP contribution in [0.2, 0.25) is 10.0 Å². The fourth-order valence-corrected chi connectivity index (χ4v) is 5.78. The lowest BCUT2D eigenvalue weighted by Gasteiger charge is -2.18. The van der Waals surface area contributed by atoms with Crippen LogP contribution in [0.4, 0.5) is 5.69 Å². The number of aromatic nitrogens is 1. The Bertz CT molecular complexity index is 1710. The van der Waals surface area contributed by atoms with Gasteiger partial charge < -0.3 is 14.1 Å². The van der Waals surface area contributed by atoms with Crippen molar-refractivity contribution >= 4 is 66.3 Å². The quantitative estimate of drug-likeness (QED) is 0.104. The highest BCUT2D eigenvalue weighted by Crippen LogP contribution is 2.40. The van der Waals surface area contributed by atoms with Crippen LogP contribution in [-0.2, 0) is 26.8 Å². The first-order valence-corrected chi connectivity index (χ1v) is 16.7. The SMILES string of the molecule is O=S(=O)(O)CCCCN1C(=CC=CC=Cc2oc3ccc(Cl)cc3[n+]2CCCCS(=O)(=O)O)Oc2ccc(Cl)cc21. The van der Waals surface area contributed by atoms with Crippen LogP contribution in [0.5, 0.6) is 5.75 Å². The van der Waals surface area contributed by atoms with Crippen LogP contribution in [0, 0.1) is 0 Å². The van der Waals surface area contributed by atoms with Gasteiger partial charge in [0.15, 0.2) is 12.3 Å². The average molecular weight is 645 g/mol. The topological polar surface area (TPSA) is 138 Å². The number of oxazole rings is 1. The Hall–Kier alpha value is -2.87. The maximum absolute atomic E-state index is 11.1. The maximum atomic E-state index is 11.1. The van der Waals surface area contributed by atoms with Gasteiger partial charge in [0.2, 0.25) is 11.5 Å². The van der Waals surface area contributed by atoms with E-state index in [0.717, 1.165) is 11.2 Å². The smallest absolute Gasteiger partial charge is 0.374 e. The molecule has 1 aliphatic heterocycles. The molecule has 0 saturated carbocycles. The summed E-state index contributed by atoms with van der Waals surface area (Å²) in [6.45, 7) is 0.912. The summed E-state index contributed by atoms with van der Waals surface area (Å²) in [6.07, 6.45) is 10.4. The first kappa shape index (κ1) is 31.1. The molecule has 41 heavy (non-hydrogen) atoms. The Morgan fingerprint density at radius 1 is 0.854 bits per heavy atom. The minimum absolute atomic E-state index is 0.287. The molecule has 1 aromatic heterocycles. The van der Waals surface area contributed by atoms with Crippen molar-refractivity contribution in [3.8, 4) is 5.75 Å². The molecule has 2 heterocycles. The molecule has 0 spiro atoms. The van der Waals surface area contributed by atoms with Crippen molar-refractivity contribution in [1.29, 1.82) is 0 Å². The van der Waals surface area contributed by atoms with Gasteiger partial charge in [0.25, 0.3) is 25.8 Å². The minimum Gasteiger partial charge on any atom is -0.439 e. The molecule has 0 bridgehead atoms. The van der Waals surface area contributed by atoms with Gasteiger partial charge in [-0.3, -0.25) is 9.11 Å². The van der Waals surface area contributed by atoms with E-state index in [2.05, 4.69) is 0 Å². The monoisotopic (exact) mass is 643 g/mol.